The number of amides is 2. The maximum Gasteiger partial charge on any atom is 0.238 e. The van der Waals surface area contributed by atoms with Crippen molar-refractivity contribution in [3.63, 3.8) is 0 Å². The van der Waals surface area contributed by atoms with Crippen LogP contribution in [0.4, 0.5) is 10.1 Å². The molecule has 1 aliphatic rings. The van der Waals surface area contributed by atoms with Crippen LogP contribution in [0.1, 0.15) is 23.4 Å². The van der Waals surface area contributed by atoms with E-state index < -0.39 is 0 Å². The Morgan fingerprint density at radius 3 is 2.44 bits per heavy atom. The predicted octanol–water partition coefficient (Wildman–Crippen LogP) is 3.81. The van der Waals surface area contributed by atoms with Crippen LogP contribution < -0.4 is 5.32 Å². The molecule has 0 saturated carbocycles. The van der Waals surface area contributed by atoms with E-state index in [1.165, 1.54) is 12.3 Å². The van der Waals surface area contributed by atoms with Crippen molar-refractivity contribution in [1.82, 2.24) is 14.8 Å². The number of carbonyl (C=O) groups is 2. The predicted molar refractivity (Wildman–Crippen MR) is 128 cm³/mol. The molecule has 0 atom stereocenters. The normalized spacial score (nSPS) is 14.3. The molecule has 4 rings (SSSR count). The largest absolute Gasteiger partial charge is 0.441 e. The highest BCUT2D eigenvalue weighted by Crippen LogP contribution is 2.24. The van der Waals surface area contributed by atoms with Crippen molar-refractivity contribution in [2.75, 3.05) is 38.0 Å². The lowest BCUT2D eigenvalue weighted by atomic mass is 10.1. The second-order valence-electron chi connectivity index (χ2n) is 8.57. The highest BCUT2D eigenvalue weighted by molar-refractivity contribution is 5.93. The zero-order valence-corrected chi connectivity index (χ0v) is 19.5. The molecule has 1 aliphatic heterocycles. The summed E-state index contributed by atoms with van der Waals surface area (Å²) in [6, 6.07) is 12.3. The zero-order valence-electron chi connectivity index (χ0n) is 19.5. The summed E-state index contributed by atoms with van der Waals surface area (Å²) in [4.78, 5) is 33.2. The lowest BCUT2D eigenvalue weighted by Crippen LogP contribution is -2.50. The summed E-state index contributed by atoms with van der Waals surface area (Å²) in [6.07, 6.45) is 2.11. The van der Waals surface area contributed by atoms with Crippen molar-refractivity contribution in [1.29, 1.82) is 0 Å². The fourth-order valence-electron chi connectivity index (χ4n) is 4.13. The molecule has 7 nitrogen and oxygen atoms in total. The molecule has 3 aromatic rings. The van der Waals surface area contributed by atoms with Crippen molar-refractivity contribution in [3.8, 4) is 11.3 Å². The average Bonchev–Trinajstić information content (AvgIpc) is 3.29. The number of nitrogens with one attached hydrogen (secondary N) is 1. The van der Waals surface area contributed by atoms with E-state index >= 15 is 0 Å². The average molecular weight is 465 g/mol. The molecule has 0 unspecified atom stereocenters. The Morgan fingerprint density at radius 2 is 1.74 bits per heavy atom. The Balaban J connectivity index is 1.22. The summed E-state index contributed by atoms with van der Waals surface area (Å²) in [5.74, 6) is 0.362. The van der Waals surface area contributed by atoms with Gasteiger partial charge in [-0.3, -0.25) is 14.5 Å². The van der Waals surface area contributed by atoms with Crippen LogP contribution in [0.5, 0.6) is 0 Å². The molecule has 0 aliphatic carbocycles. The number of hydrogen-bond donors (Lipinski definition) is 1. The molecule has 8 heteroatoms. The summed E-state index contributed by atoms with van der Waals surface area (Å²) >= 11 is 0. The van der Waals surface area contributed by atoms with Crippen LogP contribution in [0.2, 0.25) is 0 Å². The van der Waals surface area contributed by atoms with Gasteiger partial charge in [0.25, 0.3) is 0 Å². The number of benzene rings is 2. The van der Waals surface area contributed by atoms with Crippen molar-refractivity contribution in [2.24, 2.45) is 0 Å². The Bertz CT molecular complexity index is 1150. The monoisotopic (exact) mass is 464 g/mol. The van der Waals surface area contributed by atoms with Gasteiger partial charge in [0.1, 0.15) is 5.82 Å². The lowest BCUT2D eigenvalue weighted by molar-refractivity contribution is -0.133. The van der Waals surface area contributed by atoms with Gasteiger partial charge in [0, 0.05) is 44.7 Å². The van der Waals surface area contributed by atoms with Gasteiger partial charge in [-0.1, -0.05) is 30.3 Å². The van der Waals surface area contributed by atoms with Crippen LogP contribution in [-0.4, -0.2) is 59.3 Å². The highest BCUT2D eigenvalue weighted by Gasteiger charge is 2.23. The van der Waals surface area contributed by atoms with Crippen LogP contribution in [0.3, 0.4) is 0 Å². The Morgan fingerprint density at radius 1 is 1.03 bits per heavy atom. The first-order chi connectivity index (χ1) is 16.4. The van der Waals surface area contributed by atoms with E-state index in [-0.39, 0.29) is 24.1 Å². The molecular formula is C26H29FN4O3. The van der Waals surface area contributed by atoms with Gasteiger partial charge < -0.3 is 14.6 Å². The summed E-state index contributed by atoms with van der Waals surface area (Å²) in [5.41, 5.74) is 3.29. The van der Waals surface area contributed by atoms with Crippen molar-refractivity contribution in [3.05, 3.63) is 71.5 Å². The lowest BCUT2D eigenvalue weighted by Gasteiger charge is -2.34. The molecule has 1 aromatic heterocycles. The number of carbonyl (C=O) groups excluding carboxylic acids is 2. The van der Waals surface area contributed by atoms with Gasteiger partial charge in [-0.15, -0.1) is 0 Å². The Labute approximate surface area is 198 Å². The fraction of sp³-hybridized carbons (Fsp3) is 0.346. The molecule has 2 amide bonds. The first-order valence-electron chi connectivity index (χ1n) is 11.5. The molecule has 1 saturated heterocycles. The van der Waals surface area contributed by atoms with Crippen molar-refractivity contribution >= 4 is 17.5 Å². The molecule has 0 spiro atoms. The number of para-hydroxylation sites is 1. The number of aryl methyl sites for hydroxylation is 3. The van der Waals surface area contributed by atoms with Crippen LogP contribution in [0, 0.1) is 19.7 Å². The third-order valence-corrected chi connectivity index (χ3v) is 6.08. The number of rotatable bonds is 7. The van der Waals surface area contributed by atoms with Crippen LogP contribution >= 0.6 is 0 Å². The van der Waals surface area contributed by atoms with E-state index in [0.717, 1.165) is 16.8 Å². The van der Waals surface area contributed by atoms with Gasteiger partial charge in [0.2, 0.25) is 11.8 Å². The van der Waals surface area contributed by atoms with Gasteiger partial charge in [0.05, 0.1) is 18.3 Å². The molecule has 0 bridgehead atoms. The maximum atomic E-state index is 13.9. The Hall–Kier alpha value is -3.52. The molecular weight excluding hydrogens is 435 g/mol. The highest BCUT2D eigenvalue weighted by atomic mass is 19.1. The number of aromatic nitrogens is 1. The minimum Gasteiger partial charge on any atom is -0.441 e. The molecule has 2 aromatic carbocycles. The van der Waals surface area contributed by atoms with Gasteiger partial charge in [-0.05, 0) is 37.1 Å². The second kappa shape index (κ2) is 10.6. The van der Waals surface area contributed by atoms with Gasteiger partial charge in [-0.2, -0.15) is 0 Å². The summed E-state index contributed by atoms with van der Waals surface area (Å²) in [7, 11) is 0. The first kappa shape index (κ1) is 23.6. The SMILES string of the molecule is Cc1cccc(C)c1NC(=O)CN1CCN(C(=O)CCc2ncc(-c3ccccc3F)o2)CC1. The Kier molecular flexibility index (Phi) is 7.37. The number of oxazole rings is 1. The third-order valence-electron chi connectivity index (χ3n) is 6.08. The molecule has 0 radical (unpaired) electrons. The number of nitrogens with zero attached hydrogens (tertiary/aromatic N) is 3. The molecule has 34 heavy (non-hydrogen) atoms. The number of anilines is 1. The number of halogens is 1. The molecule has 1 fully saturated rings. The zero-order chi connectivity index (χ0) is 24.1. The molecule has 178 valence electrons. The molecule has 2 heterocycles. The topological polar surface area (TPSA) is 78.7 Å². The first-order valence-corrected chi connectivity index (χ1v) is 11.5. The van der Waals surface area contributed by atoms with Gasteiger partial charge in [0.15, 0.2) is 11.7 Å². The summed E-state index contributed by atoms with van der Waals surface area (Å²) in [6.45, 7) is 6.68. The minimum absolute atomic E-state index is 0.0188. The van der Waals surface area contributed by atoms with Crippen molar-refractivity contribution in [2.45, 2.75) is 26.7 Å². The van der Waals surface area contributed by atoms with E-state index in [9.17, 15) is 14.0 Å². The van der Waals surface area contributed by atoms with E-state index in [4.69, 9.17) is 4.42 Å². The number of hydrogen-bond acceptors (Lipinski definition) is 5. The quantitative estimate of drug-likeness (QED) is 0.575. The minimum atomic E-state index is -0.373. The van der Waals surface area contributed by atoms with Gasteiger partial charge >= 0.3 is 0 Å². The van der Waals surface area contributed by atoms with E-state index in [1.807, 2.05) is 32.0 Å². The molecule has 1 N–H and O–H groups in total. The van der Waals surface area contributed by atoms with Crippen LogP contribution in [0.25, 0.3) is 11.3 Å². The van der Waals surface area contributed by atoms with Gasteiger partial charge in [-0.25, -0.2) is 9.37 Å². The summed E-state index contributed by atoms with van der Waals surface area (Å²) in [5, 5.41) is 3.01. The maximum absolute atomic E-state index is 13.9. The van der Waals surface area contributed by atoms with E-state index in [0.29, 0.717) is 56.4 Å². The summed E-state index contributed by atoms with van der Waals surface area (Å²) < 4.78 is 19.6. The number of piperazine rings is 1. The smallest absolute Gasteiger partial charge is 0.238 e. The van der Waals surface area contributed by atoms with Crippen LogP contribution in [-0.2, 0) is 16.0 Å². The fourth-order valence-corrected chi connectivity index (χ4v) is 4.13. The van der Waals surface area contributed by atoms with Crippen molar-refractivity contribution < 1.29 is 18.4 Å². The third kappa shape index (κ3) is 5.69. The van der Waals surface area contributed by atoms with E-state index in [1.54, 1.807) is 23.1 Å². The second-order valence-corrected chi connectivity index (χ2v) is 8.57. The van der Waals surface area contributed by atoms with Crippen LogP contribution in [0.15, 0.2) is 53.1 Å². The standard InChI is InChI=1S/C26H29FN4O3/c1-18-6-5-7-19(2)26(18)29-23(32)17-30-12-14-31(15-13-30)25(33)11-10-24-28-16-22(34-24)20-8-3-4-9-21(20)27/h3-9,16H,10-15,17H2,1-2H3,(H,29,32). The van der Waals surface area contributed by atoms with E-state index in [2.05, 4.69) is 15.2 Å².